The maximum absolute atomic E-state index is 13.1. The molecule has 1 aromatic carbocycles. The number of benzene rings is 1. The van der Waals surface area contributed by atoms with Crippen molar-refractivity contribution in [3.63, 3.8) is 0 Å². The minimum Gasteiger partial charge on any atom is -0.493 e. The van der Waals surface area contributed by atoms with E-state index in [1.54, 1.807) is 6.07 Å². The monoisotopic (exact) mass is 389 g/mol. The standard InChI is InChI=1S/C19H18F3N5O/c1-2-28-15-6-4-3-5-14(15)13-9-11-26(12-10-13)17-8-7-16-23-24-18(19(20,21)22)27(16)25-17/h3-9H,2,10-12H2,1H3. The molecule has 0 amide bonds. The third-order valence-corrected chi connectivity index (χ3v) is 4.57. The second-order valence-electron chi connectivity index (χ2n) is 6.34. The van der Waals surface area contributed by atoms with Crippen LogP contribution >= 0.6 is 0 Å². The molecule has 146 valence electrons. The molecule has 0 aliphatic carbocycles. The number of rotatable bonds is 4. The van der Waals surface area contributed by atoms with Gasteiger partial charge >= 0.3 is 6.18 Å². The van der Waals surface area contributed by atoms with Crippen molar-refractivity contribution in [2.45, 2.75) is 19.5 Å². The topological polar surface area (TPSA) is 55.5 Å². The molecule has 28 heavy (non-hydrogen) atoms. The molecule has 6 nitrogen and oxygen atoms in total. The van der Waals surface area contributed by atoms with E-state index >= 15 is 0 Å². The number of hydrogen-bond acceptors (Lipinski definition) is 5. The molecule has 0 spiro atoms. The van der Waals surface area contributed by atoms with Crippen LogP contribution in [0.1, 0.15) is 24.7 Å². The molecule has 2 aromatic heterocycles. The third kappa shape index (κ3) is 3.39. The van der Waals surface area contributed by atoms with Crippen molar-refractivity contribution in [1.29, 1.82) is 0 Å². The molecule has 3 aromatic rings. The van der Waals surface area contributed by atoms with Crippen LogP contribution in [-0.2, 0) is 6.18 Å². The highest BCUT2D eigenvalue weighted by molar-refractivity contribution is 5.72. The molecule has 0 saturated carbocycles. The summed E-state index contributed by atoms with van der Waals surface area (Å²) in [6.07, 6.45) is -1.81. The van der Waals surface area contributed by atoms with Gasteiger partial charge in [-0.3, -0.25) is 0 Å². The van der Waals surface area contributed by atoms with E-state index in [0.717, 1.165) is 27.8 Å². The number of ether oxygens (including phenoxy) is 1. The first kappa shape index (κ1) is 18.3. The Morgan fingerprint density at radius 2 is 1.93 bits per heavy atom. The highest BCUT2D eigenvalue weighted by atomic mass is 19.4. The van der Waals surface area contributed by atoms with Crippen molar-refractivity contribution in [2.24, 2.45) is 0 Å². The van der Waals surface area contributed by atoms with Crippen LogP contribution in [0.2, 0.25) is 0 Å². The van der Waals surface area contributed by atoms with Crippen LogP contribution in [0, 0.1) is 0 Å². The molecule has 1 aliphatic heterocycles. The Morgan fingerprint density at radius 1 is 1.11 bits per heavy atom. The third-order valence-electron chi connectivity index (χ3n) is 4.57. The Balaban J connectivity index is 1.60. The maximum Gasteiger partial charge on any atom is 0.453 e. The summed E-state index contributed by atoms with van der Waals surface area (Å²) in [6.45, 7) is 3.70. The van der Waals surface area contributed by atoms with Crippen LogP contribution < -0.4 is 9.64 Å². The first-order chi connectivity index (χ1) is 13.5. The molecule has 4 rings (SSSR count). The van der Waals surface area contributed by atoms with Gasteiger partial charge in [-0.15, -0.1) is 15.3 Å². The van der Waals surface area contributed by atoms with E-state index in [1.807, 2.05) is 36.1 Å². The lowest BCUT2D eigenvalue weighted by Crippen LogP contribution is -2.29. The maximum atomic E-state index is 13.1. The summed E-state index contributed by atoms with van der Waals surface area (Å²) in [4.78, 5) is 1.92. The summed E-state index contributed by atoms with van der Waals surface area (Å²) >= 11 is 0. The number of aromatic nitrogens is 4. The smallest absolute Gasteiger partial charge is 0.453 e. The Bertz CT molecular complexity index is 1030. The molecular formula is C19H18F3N5O. The van der Waals surface area contributed by atoms with Crippen LogP contribution in [0.4, 0.5) is 19.0 Å². The molecule has 1 aliphatic rings. The summed E-state index contributed by atoms with van der Waals surface area (Å²) < 4.78 is 45.6. The van der Waals surface area contributed by atoms with Crippen molar-refractivity contribution < 1.29 is 17.9 Å². The van der Waals surface area contributed by atoms with E-state index in [2.05, 4.69) is 21.4 Å². The number of hydrogen-bond donors (Lipinski definition) is 0. The quantitative estimate of drug-likeness (QED) is 0.679. The van der Waals surface area contributed by atoms with E-state index in [0.29, 0.717) is 25.5 Å². The number of anilines is 1. The number of nitrogens with zero attached hydrogens (tertiary/aromatic N) is 5. The molecule has 0 unspecified atom stereocenters. The number of halogens is 3. The first-order valence-corrected chi connectivity index (χ1v) is 8.93. The zero-order valence-electron chi connectivity index (χ0n) is 15.1. The fraction of sp³-hybridized carbons (Fsp3) is 0.316. The predicted octanol–water partition coefficient (Wildman–Crippen LogP) is 3.84. The zero-order chi connectivity index (χ0) is 19.7. The molecule has 3 heterocycles. The largest absolute Gasteiger partial charge is 0.493 e. The van der Waals surface area contributed by atoms with Crippen molar-refractivity contribution in [3.05, 3.63) is 53.9 Å². The normalized spacial score (nSPS) is 15.0. The summed E-state index contributed by atoms with van der Waals surface area (Å²) in [5.74, 6) is 0.165. The predicted molar refractivity (Wildman–Crippen MR) is 98.2 cm³/mol. The van der Waals surface area contributed by atoms with Gasteiger partial charge in [0.1, 0.15) is 11.6 Å². The van der Waals surface area contributed by atoms with E-state index in [9.17, 15) is 13.2 Å². The molecule has 0 N–H and O–H groups in total. The van der Waals surface area contributed by atoms with Crippen LogP contribution in [-0.4, -0.2) is 39.5 Å². The SMILES string of the molecule is CCOc1ccccc1C1=CCN(c2ccc3nnc(C(F)(F)F)n3n2)CC1. The minimum atomic E-state index is -4.61. The van der Waals surface area contributed by atoms with Gasteiger partial charge in [0.15, 0.2) is 5.65 Å². The Labute approximate surface area is 159 Å². The van der Waals surface area contributed by atoms with Crippen LogP contribution in [0.3, 0.4) is 0 Å². The fourth-order valence-corrected chi connectivity index (χ4v) is 3.26. The minimum absolute atomic E-state index is 0.0648. The summed E-state index contributed by atoms with van der Waals surface area (Å²) in [5.41, 5.74) is 2.27. The highest BCUT2D eigenvalue weighted by Gasteiger charge is 2.37. The van der Waals surface area contributed by atoms with Crippen molar-refractivity contribution in [2.75, 3.05) is 24.6 Å². The average molecular weight is 389 g/mol. The van der Waals surface area contributed by atoms with E-state index < -0.39 is 12.0 Å². The first-order valence-electron chi connectivity index (χ1n) is 8.93. The zero-order valence-corrected chi connectivity index (χ0v) is 15.1. The van der Waals surface area contributed by atoms with Crippen molar-refractivity contribution in [3.8, 4) is 5.75 Å². The lowest BCUT2D eigenvalue weighted by molar-refractivity contribution is -0.146. The lowest BCUT2D eigenvalue weighted by Gasteiger charge is -2.28. The second-order valence-corrected chi connectivity index (χ2v) is 6.34. The van der Waals surface area contributed by atoms with Gasteiger partial charge in [0.2, 0.25) is 0 Å². The molecule has 0 fully saturated rings. The van der Waals surface area contributed by atoms with Gasteiger partial charge in [-0.2, -0.15) is 17.7 Å². The molecular weight excluding hydrogens is 371 g/mol. The van der Waals surface area contributed by atoms with E-state index in [4.69, 9.17) is 4.74 Å². The summed E-state index contributed by atoms with van der Waals surface area (Å²) in [6, 6.07) is 11.0. The number of alkyl halides is 3. The van der Waals surface area contributed by atoms with Crippen LogP contribution in [0.25, 0.3) is 11.2 Å². The Hall–Kier alpha value is -3.10. The van der Waals surface area contributed by atoms with Gasteiger partial charge in [0, 0.05) is 18.7 Å². The fourth-order valence-electron chi connectivity index (χ4n) is 3.26. The number of para-hydroxylation sites is 1. The van der Waals surface area contributed by atoms with Gasteiger partial charge in [-0.25, -0.2) is 0 Å². The van der Waals surface area contributed by atoms with E-state index in [-0.39, 0.29) is 5.65 Å². The Kier molecular flexibility index (Phi) is 4.66. The van der Waals surface area contributed by atoms with Gasteiger partial charge in [-0.05, 0) is 37.1 Å². The van der Waals surface area contributed by atoms with Gasteiger partial charge in [0.05, 0.1) is 6.61 Å². The van der Waals surface area contributed by atoms with Crippen molar-refractivity contribution >= 4 is 17.0 Å². The summed E-state index contributed by atoms with van der Waals surface area (Å²) in [5, 5.41) is 10.9. The van der Waals surface area contributed by atoms with E-state index in [1.165, 1.54) is 6.07 Å². The number of fused-ring (bicyclic) bond motifs is 1. The van der Waals surface area contributed by atoms with Gasteiger partial charge in [-0.1, -0.05) is 24.3 Å². The van der Waals surface area contributed by atoms with Crippen LogP contribution in [0.15, 0.2) is 42.5 Å². The molecule has 0 atom stereocenters. The lowest BCUT2D eigenvalue weighted by atomic mass is 9.98. The highest BCUT2D eigenvalue weighted by Crippen LogP contribution is 2.32. The van der Waals surface area contributed by atoms with Crippen LogP contribution in [0.5, 0.6) is 5.75 Å². The molecule has 0 radical (unpaired) electrons. The summed E-state index contributed by atoms with van der Waals surface area (Å²) in [7, 11) is 0. The average Bonchev–Trinajstić information content (AvgIpc) is 3.12. The van der Waals surface area contributed by atoms with Gasteiger partial charge in [0.25, 0.3) is 5.82 Å². The molecule has 9 heteroatoms. The second kappa shape index (κ2) is 7.14. The molecule has 0 saturated heterocycles. The van der Waals surface area contributed by atoms with Crippen molar-refractivity contribution in [1.82, 2.24) is 19.8 Å². The molecule has 0 bridgehead atoms. The van der Waals surface area contributed by atoms with Gasteiger partial charge < -0.3 is 9.64 Å². The Morgan fingerprint density at radius 3 is 2.64 bits per heavy atom.